The summed E-state index contributed by atoms with van der Waals surface area (Å²) in [5, 5.41) is 22.2. The zero-order chi connectivity index (χ0) is 18.2. The third kappa shape index (κ3) is 5.77. The molecule has 0 spiro atoms. The lowest BCUT2D eigenvalue weighted by atomic mass is 10.2. The molecule has 0 bridgehead atoms. The van der Waals surface area contributed by atoms with E-state index < -0.39 is 0 Å². The standard InChI is InChI=1S/C17H17Cl2N5O/c1-11(20-22-15-7-3-13(18)4-8-15)17(24-25)12(2)21-23-16-9-5-14(19)6-10-16/h3-10,22-23,25H,1-2H3/b20-11+,21-12+. The van der Waals surface area contributed by atoms with Crippen molar-refractivity contribution >= 4 is 51.7 Å². The van der Waals surface area contributed by atoms with Crippen molar-refractivity contribution < 1.29 is 5.21 Å². The monoisotopic (exact) mass is 377 g/mol. The molecule has 2 aromatic carbocycles. The molecule has 0 saturated heterocycles. The summed E-state index contributed by atoms with van der Waals surface area (Å²) < 4.78 is 0. The van der Waals surface area contributed by atoms with Gasteiger partial charge in [-0.15, -0.1) is 0 Å². The predicted octanol–water partition coefficient (Wildman–Crippen LogP) is 5.10. The van der Waals surface area contributed by atoms with Crippen LogP contribution in [-0.4, -0.2) is 22.3 Å². The second-order valence-corrected chi connectivity index (χ2v) is 5.95. The molecule has 6 nitrogen and oxygen atoms in total. The minimum Gasteiger partial charge on any atom is -0.410 e. The van der Waals surface area contributed by atoms with Gasteiger partial charge in [-0.3, -0.25) is 10.9 Å². The summed E-state index contributed by atoms with van der Waals surface area (Å²) >= 11 is 11.7. The van der Waals surface area contributed by atoms with E-state index in [0.29, 0.717) is 21.5 Å². The average molecular weight is 378 g/mol. The molecule has 0 aliphatic carbocycles. The zero-order valence-corrected chi connectivity index (χ0v) is 15.2. The summed E-state index contributed by atoms with van der Waals surface area (Å²) in [6.45, 7) is 3.42. The molecule has 0 fully saturated rings. The van der Waals surface area contributed by atoms with Crippen molar-refractivity contribution in [2.75, 3.05) is 10.9 Å². The van der Waals surface area contributed by atoms with Gasteiger partial charge in [-0.1, -0.05) is 28.4 Å². The van der Waals surface area contributed by atoms with Crippen LogP contribution >= 0.6 is 23.2 Å². The molecule has 0 radical (unpaired) electrons. The number of nitrogens with zero attached hydrogens (tertiary/aromatic N) is 3. The van der Waals surface area contributed by atoms with E-state index in [1.54, 1.807) is 62.4 Å². The molecule has 130 valence electrons. The van der Waals surface area contributed by atoms with Gasteiger partial charge in [0.05, 0.1) is 22.8 Å². The first-order valence-electron chi connectivity index (χ1n) is 7.34. The number of hydrazone groups is 2. The van der Waals surface area contributed by atoms with Crippen molar-refractivity contribution in [3.63, 3.8) is 0 Å². The number of hydrogen-bond donors (Lipinski definition) is 3. The van der Waals surface area contributed by atoms with Crippen LogP contribution in [0.4, 0.5) is 11.4 Å². The Morgan fingerprint density at radius 3 is 1.44 bits per heavy atom. The van der Waals surface area contributed by atoms with Crippen molar-refractivity contribution in [1.82, 2.24) is 0 Å². The van der Waals surface area contributed by atoms with Crippen molar-refractivity contribution in [3.8, 4) is 0 Å². The number of nitrogens with one attached hydrogen (secondary N) is 2. The first-order valence-corrected chi connectivity index (χ1v) is 8.09. The molecule has 0 atom stereocenters. The third-order valence-electron chi connectivity index (χ3n) is 3.18. The van der Waals surface area contributed by atoms with Gasteiger partial charge in [0.2, 0.25) is 0 Å². The molecular formula is C17H17Cl2N5O. The van der Waals surface area contributed by atoms with Gasteiger partial charge in [0.25, 0.3) is 0 Å². The van der Waals surface area contributed by atoms with Crippen LogP contribution in [0.3, 0.4) is 0 Å². The van der Waals surface area contributed by atoms with Gasteiger partial charge >= 0.3 is 0 Å². The van der Waals surface area contributed by atoms with E-state index in [0.717, 1.165) is 11.4 Å². The number of oxime groups is 1. The van der Waals surface area contributed by atoms with E-state index >= 15 is 0 Å². The fourth-order valence-electron chi connectivity index (χ4n) is 1.86. The molecule has 0 aliphatic heterocycles. The molecular weight excluding hydrogens is 361 g/mol. The average Bonchev–Trinajstić information content (AvgIpc) is 2.61. The Labute approximate surface area is 155 Å². The van der Waals surface area contributed by atoms with Crippen LogP contribution in [0.25, 0.3) is 0 Å². The van der Waals surface area contributed by atoms with E-state index in [2.05, 4.69) is 26.2 Å². The lowest BCUT2D eigenvalue weighted by Gasteiger charge is -2.06. The van der Waals surface area contributed by atoms with Crippen LogP contribution in [0.1, 0.15) is 13.8 Å². The molecule has 2 rings (SSSR count). The molecule has 2 aromatic rings. The van der Waals surface area contributed by atoms with Crippen LogP contribution in [0, 0.1) is 0 Å². The highest BCUT2D eigenvalue weighted by molar-refractivity contribution is 6.67. The number of anilines is 2. The Bertz CT molecular complexity index is 733. The second kappa shape index (κ2) is 9.05. The van der Waals surface area contributed by atoms with Crippen molar-refractivity contribution in [1.29, 1.82) is 0 Å². The number of hydrogen-bond acceptors (Lipinski definition) is 6. The van der Waals surface area contributed by atoms with Crippen molar-refractivity contribution in [2.24, 2.45) is 15.4 Å². The summed E-state index contributed by atoms with van der Waals surface area (Å²) in [7, 11) is 0. The lowest BCUT2D eigenvalue weighted by Crippen LogP contribution is -2.22. The van der Waals surface area contributed by atoms with Gasteiger partial charge in [0, 0.05) is 10.0 Å². The molecule has 0 aromatic heterocycles. The van der Waals surface area contributed by atoms with E-state index in [4.69, 9.17) is 23.2 Å². The van der Waals surface area contributed by atoms with Gasteiger partial charge in [-0.05, 0) is 62.4 Å². The van der Waals surface area contributed by atoms with Crippen LogP contribution in [-0.2, 0) is 0 Å². The zero-order valence-electron chi connectivity index (χ0n) is 13.7. The fourth-order valence-corrected chi connectivity index (χ4v) is 2.11. The van der Waals surface area contributed by atoms with E-state index in [1.165, 1.54) is 0 Å². The Morgan fingerprint density at radius 2 is 1.12 bits per heavy atom. The summed E-state index contributed by atoms with van der Waals surface area (Å²) in [4.78, 5) is 0. The second-order valence-electron chi connectivity index (χ2n) is 5.08. The molecule has 0 amide bonds. The molecule has 0 unspecified atom stereocenters. The summed E-state index contributed by atoms with van der Waals surface area (Å²) in [5.74, 6) is 0. The Hall–Kier alpha value is -2.57. The van der Waals surface area contributed by atoms with Crippen LogP contribution in [0.15, 0.2) is 63.9 Å². The van der Waals surface area contributed by atoms with Gasteiger partial charge < -0.3 is 5.21 Å². The number of rotatable bonds is 6. The Morgan fingerprint density at radius 1 is 0.760 bits per heavy atom. The van der Waals surface area contributed by atoms with Crippen molar-refractivity contribution in [2.45, 2.75) is 13.8 Å². The fraction of sp³-hybridized carbons (Fsp3) is 0.118. The normalized spacial score (nSPS) is 11.8. The number of benzene rings is 2. The topological polar surface area (TPSA) is 81.4 Å². The highest BCUT2D eigenvalue weighted by Crippen LogP contribution is 2.14. The first-order chi connectivity index (χ1) is 12.0. The highest BCUT2D eigenvalue weighted by Gasteiger charge is 2.09. The predicted molar refractivity (Wildman–Crippen MR) is 106 cm³/mol. The van der Waals surface area contributed by atoms with Gasteiger partial charge in [-0.25, -0.2) is 0 Å². The minimum absolute atomic E-state index is 0.253. The molecule has 25 heavy (non-hydrogen) atoms. The van der Waals surface area contributed by atoms with Crippen molar-refractivity contribution in [3.05, 3.63) is 58.6 Å². The smallest absolute Gasteiger partial charge is 0.148 e. The largest absolute Gasteiger partial charge is 0.410 e. The summed E-state index contributed by atoms with van der Waals surface area (Å²) in [6.07, 6.45) is 0. The van der Waals surface area contributed by atoms with Crippen LogP contribution < -0.4 is 10.9 Å². The Balaban J connectivity index is 2.05. The summed E-state index contributed by atoms with van der Waals surface area (Å²) in [5.41, 5.74) is 8.45. The maximum Gasteiger partial charge on any atom is 0.148 e. The maximum absolute atomic E-state index is 9.27. The van der Waals surface area contributed by atoms with Gasteiger partial charge in [0.1, 0.15) is 5.71 Å². The molecule has 3 N–H and O–H groups in total. The third-order valence-corrected chi connectivity index (χ3v) is 3.68. The van der Waals surface area contributed by atoms with E-state index in [9.17, 15) is 5.21 Å². The van der Waals surface area contributed by atoms with Gasteiger partial charge in [0.15, 0.2) is 0 Å². The first kappa shape index (κ1) is 18.8. The van der Waals surface area contributed by atoms with Crippen LogP contribution in [0.5, 0.6) is 0 Å². The molecule has 0 saturated carbocycles. The number of halogens is 2. The SMILES string of the molecule is C/C(=N\Nc1ccc(Cl)cc1)C(=NO)/C(C)=N/Nc1ccc(Cl)cc1. The minimum atomic E-state index is 0.253. The summed E-state index contributed by atoms with van der Waals surface area (Å²) in [6, 6.07) is 14.2. The molecule has 8 heteroatoms. The van der Waals surface area contributed by atoms with E-state index in [-0.39, 0.29) is 5.71 Å². The van der Waals surface area contributed by atoms with Crippen LogP contribution in [0.2, 0.25) is 10.0 Å². The maximum atomic E-state index is 9.27. The highest BCUT2D eigenvalue weighted by atomic mass is 35.5. The Kier molecular flexibility index (Phi) is 6.80. The van der Waals surface area contributed by atoms with E-state index in [1.807, 2.05) is 0 Å². The van der Waals surface area contributed by atoms with Gasteiger partial charge in [-0.2, -0.15) is 10.2 Å². The molecule has 0 aliphatic rings. The molecule has 0 heterocycles. The quantitative estimate of drug-likeness (QED) is 0.372. The lowest BCUT2D eigenvalue weighted by molar-refractivity contribution is 0.321.